The van der Waals surface area contributed by atoms with Crippen LogP contribution in [0.3, 0.4) is 0 Å². The maximum atomic E-state index is 13.9. The zero-order chi connectivity index (χ0) is 12.5. The van der Waals surface area contributed by atoms with Crippen molar-refractivity contribution in [2.24, 2.45) is 0 Å². The summed E-state index contributed by atoms with van der Waals surface area (Å²) >= 11 is 5.96. The van der Waals surface area contributed by atoms with Gasteiger partial charge in [0, 0.05) is 5.02 Å². The van der Waals surface area contributed by atoms with E-state index in [9.17, 15) is 9.18 Å². The molecule has 1 aromatic rings. The van der Waals surface area contributed by atoms with Crippen LogP contribution in [-0.4, -0.2) is 11.1 Å². The van der Waals surface area contributed by atoms with E-state index in [1.54, 1.807) is 26.8 Å². The molecule has 0 radical (unpaired) electrons. The molecule has 1 aromatic carbocycles. The molecular formula is C12H14ClFO2. The second-order valence-electron chi connectivity index (χ2n) is 4.03. The maximum Gasteiger partial charge on any atom is 0.303 e. The van der Waals surface area contributed by atoms with Gasteiger partial charge in [-0.05, 0) is 42.5 Å². The van der Waals surface area contributed by atoms with Gasteiger partial charge in [0.15, 0.2) is 0 Å². The smallest absolute Gasteiger partial charge is 0.303 e. The van der Waals surface area contributed by atoms with Gasteiger partial charge >= 0.3 is 5.97 Å². The molecule has 0 aliphatic heterocycles. The predicted octanol–water partition coefficient (Wildman–Crippen LogP) is 3.67. The molecule has 0 heterocycles. The van der Waals surface area contributed by atoms with Crippen molar-refractivity contribution in [1.82, 2.24) is 0 Å². The van der Waals surface area contributed by atoms with Crippen LogP contribution in [0.15, 0.2) is 6.07 Å². The van der Waals surface area contributed by atoms with Crippen LogP contribution in [0.4, 0.5) is 4.39 Å². The van der Waals surface area contributed by atoms with Crippen LogP contribution in [0, 0.1) is 19.7 Å². The summed E-state index contributed by atoms with van der Waals surface area (Å²) in [6, 6.07) is 1.56. The first-order valence-electron chi connectivity index (χ1n) is 5.01. The molecular weight excluding hydrogens is 231 g/mol. The van der Waals surface area contributed by atoms with Gasteiger partial charge in [-0.3, -0.25) is 4.79 Å². The molecule has 88 valence electrons. The van der Waals surface area contributed by atoms with E-state index >= 15 is 0 Å². The fourth-order valence-electron chi connectivity index (χ4n) is 1.82. The van der Waals surface area contributed by atoms with Crippen molar-refractivity contribution in [3.05, 3.63) is 33.6 Å². The van der Waals surface area contributed by atoms with Crippen LogP contribution in [0.5, 0.6) is 0 Å². The molecule has 0 fully saturated rings. The molecule has 0 aliphatic rings. The van der Waals surface area contributed by atoms with Crippen LogP contribution in [-0.2, 0) is 4.79 Å². The average molecular weight is 245 g/mol. The average Bonchev–Trinajstić information content (AvgIpc) is 2.14. The van der Waals surface area contributed by atoms with Gasteiger partial charge in [0.05, 0.1) is 6.42 Å². The summed E-state index contributed by atoms with van der Waals surface area (Å²) < 4.78 is 13.9. The number of halogens is 2. The van der Waals surface area contributed by atoms with Crippen molar-refractivity contribution in [3.63, 3.8) is 0 Å². The quantitative estimate of drug-likeness (QED) is 0.881. The lowest BCUT2D eigenvalue weighted by atomic mass is 9.91. The number of rotatable bonds is 3. The van der Waals surface area contributed by atoms with Gasteiger partial charge in [0.2, 0.25) is 0 Å². The fourth-order valence-corrected chi connectivity index (χ4v) is 2.08. The molecule has 1 atom stereocenters. The topological polar surface area (TPSA) is 37.3 Å². The fraction of sp³-hybridized carbons (Fsp3) is 0.417. The summed E-state index contributed by atoms with van der Waals surface area (Å²) in [6.45, 7) is 5.02. The lowest BCUT2D eigenvalue weighted by Crippen LogP contribution is -2.08. The van der Waals surface area contributed by atoms with Gasteiger partial charge in [-0.1, -0.05) is 18.5 Å². The summed E-state index contributed by atoms with van der Waals surface area (Å²) in [5.74, 6) is -1.67. The minimum atomic E-state index is -0.941. The standard InChI is InChI=1S/C12H14ClFO2/c1-6(5-10(15)16)11-8(3)9(13)4-7(2)12(11)14/h4,6H,5H2,1-3H3,(H,15,16). The zero-order valence-electron chi connectivity index (χ0n) is 9.47. The van der Waals surface area contributed by atoms with Crippen molar-refractivity contribution in [1.29, 1.82) is 0 Å². The molecule has 1 rings (SSSR count). The second kappa shape index (κ2) is 4.83. The Bertz CT molecular complexity index is 403. The summed E-state index contributed by atoms with van der Waals surface area (Å²) in [7, 11) is 0. The molecule has 0 amide bonds. The van der Waals surface area contributed by atoms with Gasteiger partial charge in [-0.25, -0.2) is 4.39 Å². The number of carbonyl (C=O) groups is 1. The molecule has 4 heteroatoms. The maximum absolute atomic E-state index is 13.9. The highest BCUT2D eigenvalue weighted by Gasteiger charge is 2.20. The van der Waals surface area contributed by atoms with E-state index in [0.29, 0.717) is 21.7 Å². The molecule has 0 saturated carbocycles. The van der Waals surface area contributed by atoms with E-state index in [1.807, 2.05) is 0 Å². The molecule has 0 spiro atoms. The largest absolute Gasteiger partial charge is 0.481 e. The Kier molecular flexibility index (Phi) is 3.92. The van der Waals surface area contributed by atoms with Crippen LogP contribution in [0.1, 0.15) is 36.0 Å². The Hall–Kier alpha value is -1.09. The van der Waals surface area contributed by atoms with Gasteiger partial charge in [-0.15, -0.1) is 0 Å². The number of hydrogen-bond acceptors (Lipinski definition) is 1. The van der Waals surface area contributed by atoms with E-state index in [-0.39, 0.29) is 18.2 Å². The highest BCUT2D eigenvalue weighted by atomic mass is 35.5. The Morgan fingerprint density at radius 1 is 1.56 bits per heavy atom. The number of carboxylic acids is 1. The molecule has 0 bridgehead atoms. The summed E-state index contributed by atoms with van der Waals surface area (Å²) in [6.07, 6.45) is -0.0997. The molecule has 1 unspecified atom stereocenters. The highest BCUT2D eigenvalue weighted by molar-refractivity contribution is 6.31. The number of aliphatic carboxylic acids is 1. The number of benzene rings is 1. The number of carboxylic acid groups (broad SMARTS) is 1. The minimum absolute atomic E-state index is 0.0997. The van der Waals surface area contributed by atoms with E-state index in [4.69, 9.17) is 16.7 Å². The van der Waals surface area contributed by atoms with Gasteiger partial charge in [0.1, 0.15) is 5.82 Å². The summed E-state index contributed by atoms with van der Waals surface area (Å²) in [5.41, 5.74) is 1.48. The SMILES string of the molecule is Cc1cc(Cl)c(C)c(C(C)CC(=O)O)c1F. The van der Waals surface area contributed by atoms with Crippen LogP contribution in [0.2, 0.25) is 5.02 Å². The lowest BCUT2D eigenvalue weighted by molar-refractivity contribution is -0.137. The van der Waals surface area contributed by atoms with Crippen LogP contribution in [0.25, 0.3) is 0 Å². The summed E-state index contributed by atoms with van der Waals surface area (Å²) in [5, 5.41) is 9.19. The molecule has 0 saturated heterocycles. The van der Waals surface area contributed by atoms with Crippen molar-refractivity contribution in [2.75, 3.05) is 0 Å². The second-order valence-corrected chi connectivity index (χ2v) is 4.43. The normalized spacial score (nSPS) is 12.6. The predicted molar refractivity (Wildman–Crippen MR) is 61.6 cm³/mol. The van der Waals surface area contributed by atoms with Gasteiger partial charge in [0.25, 0.3) is 0 Å². The highest BCUT2D eigenvalue weighted by Crippen LogP contribution is 2.32. The van der Waals surface area contributed by atoms with E-state index in [1.165, 1.54) is 0 Å². The van der Waals surface area contributed by atoms with Crippen molar-refractivity contribution in [3.8, 4) is 0 Å². The van der Waals surface area contributed by atoms with Crippen LogP contribution >= 0.6 is 11.6 Å². The summed E-state index contributed by atoms with van der Waals surface area (Å²) in [4.78, 5) is 10.6. The number of hydrogen-bond donors (Lipinski definition) is 1. The van der Waals surface area contributed by atoms with E-state index in [2.05, 4.69) is 0 Å². The van der Waals surface area contributed by atoms with E-state index in [0.717, 1.165) is 0 Å². The lowest BCUT2D eigenvalue weighted by Gasteiger charge is -2.16. The molecule has 1 N–H and O–H groups in total. The van der Waals surface area contributed by atoms with Crippen LogP contribution < -0.4 is 0 Å². The van der Waals surface area contributed by atoms with E-state index < -0.39 is 5.97 Å². The third kappa shape index (κ3) is 2.53. The third-order valence-corrected chi connectivity index (χ3v) is 3.05. The van der Waals surface area contributed by atoms with Crippen molar-refractivity contribution in [2.45, 2.75) is 33.1 Å². The first-order valence-corrected chi connectivity index (χ1v) is 5.39. The molecule has 0 aliphatic carbocycles. The zero-order valence-corrected chi connectivity index (χ0v) is 10.2. The molecule has 2 nitrogen and oxygen atoms in total. The first-order chi connectivity index (χ1) is 7.34. The third-order valence-electron chi connectivity index (χ3n) is 2.66. The number of aryl methyl sites for hydroxylation is 1. The molecule has 16 heavy (non-hydrogen) atoms. The first kappa shape index (κ1) is 13.0. The van der Waals surface area contributed by atoms with Gasteiger partial charge < -0.3 is 5.11 Å². The van der Waals surface area contributed by atoms with Crippen molar-refractivity contribution < 1.29 is 14.3 Å². The molecule has 0 aromatic heterocycles. The Morgan fingerprint density at radius 3 is 2.62 bits per heavy atom. The van der Waals surface area contributed by atoms with Gasteiger partial charge in [-0.2, -0.15) is 0 Å². The monoisotopic (exact) mass is 244 g/mol. The Balaban J connectivity index is 3.26. The Labute approximate surface area is 99.0 Å². The van der Waals surface area contributed by atoms with Crippen molar-refractivity contribution >= 4 is 17.6 Å². The minimum Gasteiger partial charge on any atom is -0.481 e. The Morgan fingerprint density at radius 2 is 2.12 bits per heavy atom.